The van der Waals surface area contributed by atoms with E-state index in [1.807, 2.05) is 14.0 Å². The normalized spacial score (nSPS) is 10.1. The Morgan fingerprint density at radius 3 is 3.00 bits per heavy atom. The number of carbonyl (C=O) groups excluding carboxylic acids is 1. The fourth-order valence-electron chi connectivity index (χ4n) is 1.07. The zero-order valence-electron chi connectivity index (χ0n) is 8.58. The Morgan fingerprint density at radius 1 is 1.64 bits per heavy atom. The molecule has 14 heavy (non-hydrogen) atoms. The van der Waals surface area contributed by atoms with Gasteiger partial charge in [0.25, 0.3) is 0 Å². The Hall–Kier alpha value is -1.36. The molecular formula is C9H16N4O. The number of amides is 1. The van der Waals surface area contributed by atoms with Crippen molar-refractivity contribution in [3.8, 4) is 0 Å². The van der Waals surface area contributed by atoms with Gasteiger partial charge >= 0.3 is 0 Å². The van der Waals surface area contributed by atoms with Crippen molar-refractivity contribution in [1.29, 1.82) is 0 Å². The Kier molecular flexibility index (Phi) is 4.12. The third-order valence-corrected chi connectivity index (χ3v) is 1.76. The van der Waals surface area contributed by atoms with Crippen molar-refractivity contribution >= 4 is 11.7 Å². The molecule has 0 unspecified atom stereocenters. The highest BCUT2D eigenvalue weighted by Crippen LogP contribution is 2.00. The summed E-state index contributed by atoms with van der Waals surface area (Å²) < 4.78 is 1.65. The van der Waals surface area contributed by atoms with Gasteiger partial charge in [-0.15, -0.1) is 0 Å². The van der Waals surface area contributed by atoms with Crippen molar-refractivity contribution < 1.29 is 4.79 Å². The van der Waals surface area contributed by atoms with Crippen LogP contribution in [0.5, 0.6) is 0 Å². The maximum Gasteiger partial charge on any atom is 0.226 e. The van der Waals surface area contributed by atoms with Crippen LogP contribution in [-0.2, 0) is 11.8 Å². The van der Waals surface area contributed by atoms with Crippen LogP contribution in [0.15, 0.2) is 12.3 Å². The average molecular weight is 196 g/mol. The van der Waals surface area contributed by atoms with E-state index in [2.05, 4.69) is 15.7 Å². The number of nitrogens with zero attached hydrogens (tertiary/aromatic N) is 2. The highest BCUT2D eigenvalue weighted by Gasteiger charge is 2.02. The molecular weight excluding hydrogens is 180 g/mol. The Morgan fingerprint density at radius 2 is 2.43 bits per heavy atom. The predicted molar refractivity (Wildman–Crippen MR) is 55.0 cm³/mol. The summed E-state index contributed by atoms with van der Waals surface area (Å²) >= 11 is 0. The number of rotatable bonds is 5. The molecule has 0 saturated carbocycles. The van der Waals surface area contributed by atoms with E-state index in [9.17, 15) is 4.79 Å². The topological polar surface area (TPSA) is 59.0 Å². The molecule has 1 aromatic heterocycles. The summed E-state index contributed by atoms with van der Waals surface area (Å²) in [5.74, 6) is 0.596. The van der Waals surface area contributed by atoms with Crippen molar-refractivity contribution in [2.45, 2.75) is 13.3 Å². The van der Waals surface area contributed by atoms with Crippen LogP contribution in [-0.4, -0.2) is 28.8 Å². The lowest BCUT2D eigenvalue weighted by Crippen LogP contribution is -2.21. The molecule has 5 nitrogen and oxygen atoms in total. The second kappa shape index (κ2) is 5.39. The van der Waals surface area contributed by atoms with Gasteiger partial charge in [0.05, 0.1) is 0 Å². The van der Waals surface area contributed by atoms with Gasteiger partial charge < -0.3 is 10.6 Å². The highest BCUT2D eigenvalue weighted by molar-refractivity contribution is 5.89. The third-order valence-electron chi connectivity index (χ3n) is 1.76. The summed E-state index contributed by atoms with van der Waals surface area (Å²) in [5, 5.41) is 9.84. The van der Waals surface area contributed by atoms with E-state index in [-0.39, 0.29) is 5.91 Å². The van der Waals surface area contributed by atoms with E-state index in [1.54, 1.807) is 16.9 Å². The van der Waals surface area contributed by atoms with E-state index in [4.69, 9.17) is 0 Å². The number of carbonyl (C=O) groups is 1. The van der Waals surface area contributed by atoms with E-state index < -0.39 is 0 Å². The maximum atomic E-state index is 11.3. The largest absolute Gasteiger partial charge is 0.316 e. The molecule has 0 spiro atoms. The second-order valence-corrected chi connectivity index (χ2v) is 3.03. The summed E-state index contributed by atoms with van der Waals surface area (Å²) in [6.07, 6.45) is 2.27. The lowest BCUT2D eigenvalue weighted by Gasteiger charge is -2.01. The van der Waals surface area contributed by atoms with E-state index >= 15 is 0 Å². The van der Waals surface area contributed by atoms with Crippen LogP contribution >= 0.6 is 0 Å². The lowest BCUT2D eigenvalue weighted by molar-refractivity contribution is -0.116. The fourth-order valence-corrected chi connectivity index (χ4v) is 1.07. The van der Waals surface area contributed by atoms with Gasteiger partial charge in [0, 0.05) is 32.3 Å². The molecule has 0 aliphatic carbocycles. The smallest absolute Gasteiger partial charge is 0.226 e. The minimum absolute atomic E-state index is 0.00958. The maximum absolute atomic E-state index is 11.3. The summed E-state index contributed by atoms with van der Waals surface area (Å²) in [6, 6.07) is 1.77. The van der Waals surface area contributed by atoms with Gasteiger partial charge in [-0.2, -0.15) is 5.10 Å². The summed E-state index contributed by atoms with van der Waals surface area (Å²) in [5.41, 5.74) is 0. The van der Waals surface area contributed by atoms with Crippen molar-refractivity contribution in [3.63, 3.8) is 0 Å². The quantitative estimate of drug-likeness (QED) is 0.668. The molecule has 0 bridgehead atoms. The van der Waals surface area contributed by atoms with Crippen LogP contribution in [0.25, 0.3) is 0 Å². The minimum atomic E-state index is -0.00958. The second-order valence-electron chi connectivity index (χ2n) is 3.03. The molecule has 2 N–H and O–H groups in total. The molecule has 0 aromatic carbocycles. The molecule has 0 saturated heterocycles. The SMILES string of the molecule is CCNCCC(=O)Nc1ccn(C)n1. The Bertz CT molecular complexity index is 295. The van der Waals surface area contributed by atoms with E-state index in [0.29, 0.717) is 18.8 Å². The first kappa shape index (κ1) is 10.7. The summed E-state index contributed by atoms with van der Waals surface area (Å²) in [4.78, 5) is 11.3. The standard InChI is InChI=1S/C9H16N4O/c1-3-10-6-4-9(14)11-8-5-7-13(2)12-8/h5,7,10H,3-4,6H2,1-2H3,(H,11,12,14). The molecule has 0 fully saturated rings. The number of nitrogens with one attached hydrogen (secondary N) is 2. The first-order valence-corrected chi connectivity index (χ1v) is 4.72. The van der Waals surface area contributed by atoms with Crippen LogP contribution in [0.2, 0.25) is 0 Å². The first-order valence-electron chi connectivity index (χ1n) is 4.72. The number of aryl methyl sites for hydroxylation is 1. The van der Waals surface area contributed by atoms with Crippen molar-refractivity contribution in [1.82, 2.24) is 15.1 Å². The minimum Gasteiger partial charge on any atom is -0.316 e. The van der Waals surface area contributed by atoms with E-state index in [1.165, 1.54) is 0 Å². The number of anilines is 1. The molecule has 1 amide bonds. The summed E-state index contributed by atoms with van der Waals surface area (Å²) in [7, 11) is 1.81. The monoisotopic (exact) mass is 196 g/mol. The van der Waals surface area contributed by atoms with Crippen molar-refractivity contribution in [2.24, 2.45) is 7.05 Å². The molecule has 1 rings (SSSR count). The molecule has 0 aliphatic heterocycles. The van der Waals surface area contributed by atoms with E-state index in [0.717, 1.165) is 6.54 Å². The van der Waals surface area contributed by atoms with Crippen LogP contribution in [0.3, 0.4) is 0 Å². The number of hydrogen-bond acceptors (Lipinski definition) is 3. The summed E-state index contributed by atoms with van der Waals surface area (Å²) in [6.45, 7) is 3.60. The molecule has 1 aromatic rings. The van der Waals surface area contributed by atoms with Gasteiger partial charge in [-0.3, -0.25) is 9.48 Å². The zero-order chi connectivity index (χ0) is 10.4. The molecule has 0 radical (unpaired) electrons. The van der Waals surface area contributed by atoms with Crippen LogP contribution in [0.4, 0.5) is 5.82 Å². The number of hydrogen-bond donors (Lipinski definition) is 2. The van der Waals surface area contributed by atoms with Gasteiger partial charge in [-0.05, 0) is 6.54 Å². The average Bonchev–Trinajstić information content (AvgIpc) is 2.52. The Balaban J connectivity index is 2.27. The fraction of sp³-hybridized carbons (Fsp3) is 0.556. The van der Waals surface area contributed by atoms with Crippen LogP contribution < -0.4 is 10.6 Å². The highest BCUT2D eigenvalue weighted by atomic mass is 16.1. The zero-order valence-corrected chi connectivity index (χ0v) is 8.58. The molecule has 0 aliphatic rings. The van der Waals surface area contributed by atoms with Gasteiger partial charge in [-0.25, -0.2) is 0 Å². The van der Waals surface area contributed by atoms with Gasteiger partial charge in [0.2, 0.25) is 5.91 Å². The molecule has 1 heterocycles. The third kappa shape index (κ3) is 3.57. The number of aromatic nitrogens is 2. The van der Waals surface area contributed by atoms with Crippen molar-refractivity contribution in [3.05, 3.63) is 12.3 Å². The Labute approximate surface area is 83.5 Å². The molecule has 78 valence electrons. The first-order chi connectivity index (χ1) is 6.72. The van der Waals surface area contributed by atoms with Gasteiger partial charge in [0.1, 0.15) is 0 Å². The van der Waals surface area contributed by atoms with Crippen molar-refractivity contribution in [2.75, 3.05) is 18.4 Å². The van der Waals surface area contributed by atoms with Crippen LogP contribution in [0, 0.1) is 0 Å². The predicted octanol–water partition coefficient (Wildman–Crippen LogP) is 0.358. The lowest BCUT2D eigenvalue weighted by atomic mass is 10.4. The van der Waals surface area contributed by atoms with Gasteiger partial charge in [-0.1, -0.05) is 6.92 Å². The van der Waals surface area contributed by atoms with Gasteiger partial charge in [0.15, 0.2) is 5.82 Å². The molecule has 0 atom stereocenters. The van der Waals surface area contributed by atoms with Crippen LogP contribution in [0.1, 0.15) is 13.3 Å². The molecule has 5 heteroatoms.